The number of hydrogen-bond acceptors (Lipinski definition) is 3. The average molecular weight is 283 g/mol. The molecule has 0 unspecified atom stereocenters. The lowest BCUT2D eigenvalue weighted by Crippen LogP contribution is -2.45. The molecule has 0 atom stereocenters. The Labute approximate surface area is 116 Å². The third-order valence-electron chi connectivity index (χ3n) is 3.03. The van der Waals surface area contributed by atoms with Gasteiger partial charge in [-0.25, -0.2) is 0 Å². The first-order valence-electron chi connectivity index (χ1n) is 6.10. The van der Waals surface area contributed by atoms with Crippen LogP contribution in [-0.2, 0) is 9.59 Å². The molecule has 1 saturated heterocycles. The molecule has 1 aliphatic heterocycles. The Balaban J connectivity index is 1.94. The van der Waals surface area contributed by atoms with Crippen LogP contribution in [0.15, 0.2) is 24.3 Å². The number of aliphatic hydroxyl groups excluding tert-OH is 1. The molecule has 0 saturated carbocycles. The van der Waals surface area contributed by atoms with E-state index in [0.717, 1.165) is 0 Å². The molecule has 1 fully saturated rings. The Hall–Kier alpha value is -1.59. The van der Waals surface area contributed by atoms with E-state index in [-0.39, 0.29) is 6.10 Å². The minimum atomic E-state index is -0.682. The molecule has 1 aromatic carbocycles. The second-order valence-electron chi connectivity index (χ2n) is 4.49. The minimum Gasteiger partial charge on any atom is -0.393 e. The van der Waals surface area contributed by atoms with Crippen molar-refractivity contribution in [2.45, 2.75) is 18.9 Å². The van der Waals surface area contributed by atoms with Crippen molar-refractivity contribution in [1.29, 1.82) is 0 Å². The number of aliphatic hydroxyl groups is 1. The largest absolute Gasteiger partial charge is 0.393 e. The van der Waals surface area contributed by atoms with E-state index >= 15 is 0 Å². The first-order valence-corrected chi connectivity index (χ1v) is 6.48. The van der Waals surface area contributed by atoms with Gasteiger partial charge in [-0.1, -0.05) is 17.7 Å². The van der Waals surface area contributed by atoms with Crippen molar-refractivity contribution >= 4 is 29.1 Å². The van der Waals surface area contributed by atoms with Crippen molar-refractivity contribution in [2.75, 3.05) is 18.4 Å². The molecule has 0 radical (unpaired) electrons. The van der Waals surface area contributed by atoms with Gasteiger partial charge >= 0.3 is 11.8 Å². The summed E-state index contributed by atoms with van der Waals surface area (Å²) in [7, 11) is 0. The fourth-order valence-corrected chi connectivity index (χ4v) is 2.15. The average Bonchev–Trinajstić information content (AvgIpc) is 2.39. The molecule has 1 aromatic rings. The Morgan fingerprint density at radius 1 is 1.32 bits per heavy atom. The number of nitrogens with zero attached hydrogens (tertiary/aromatic N) is 1. The Morgan fingerprint density at radius 2 is 2.00 bits per heavy atom. The van der Waals surface area contributed by atoms with Gasteiger partial charge in [0.2, 0.25) is 0 Å². The van der Waals surface area contributed by atoms with Crippen molar-refractivity contribution in [1.82, 2.24) is 4.90 Å². The number of carbonyl (C=O) groups excluding carboxylic acids is 2. The van der Waals surface area contributed by atoms with Crippen molar-refractivity contribution in [2.24, 2.45) is 0 Å². The zero-order chi connectivity index (χ0) is 13.8. The van der Waals surface area contributed by atoms with Crippen molar-refractivity contribution < 1.29 is 14.7 Å². The zero-order valence-electron chi connectivity index (χ0n) is 10.3. The molecular formula is C13H15ClN2O3. The van der Waals surface area contributed by atoms with E-state index in [9.17, 15) is 14.7 Å². The molecule has 2 N–H and O–H groups in total. The summed E-state index contributed by atoms with van der Waals surface area (Å²) in [4.78, 5) is 25.1. The van der Waals surface area contributed by atoms with E-state index in [4.69, 9.17) is 11.6 Å². The van der Waals surface area contributed by atoms with Crippen molar-refractivity contribution in [3.8, 4) is 0 Å². The number of anilines is 1. The summed E-state index contributed by atoms with van der Waals surface area (Å²) >= 11 is 5.80. The quantitative estimate of drug-likeness (QED) is 0.762. The maximum Gasteiger partial charge on any atom is 0.313 e. The first kappa shape index (κ1) is 13.8. The molecule has 1 heterocycles. The Morgan fingerprint density at radius 3 is 2.63 bits per heavy atom. The summed E-state index contributed by atoms with van der Waals surface area (Å²) in [5.74, 6) is -1.26. The van der Waals surface area contributed by atoms with Gasteiger partial charge in [-0.05, 0) is 31.0 Å². The molecule has 0 bridgehead atoms. The van der Waals surface area contributed by atoms with Crippen LogP contribution in [0, 0.1) is 0 Å². The minimum absolute atomic E-state index is 0.375. The molecule has 102 valence electrons. The van der Waals surface area contributed by atoms with Crippen LogP contribution in [-0.4, -0.2) is 41.0 Å². The predicted molar refractivity (Wildman–Crippen MR) is 71.9 cm³/mol. The van der Waals surface area contributed by atoms with Crippen LogP contribution in [0.25, 0.3) is 0 Å². The van der Waals surface area contributed by atoms with E-state index < -0.39 is 11.8 Å². The van der Waals surface area contributed by atoms with Crippen LogP contribution in [0.3, 0.4) is 0 Å². The molecular weight excluding hydrogens is 268 g/mol. The Bertz CT molecular complexity index is 485. The molecule has 2 amide bonds. The highest BCUT2D eigenvalue weighted by atomic mass is 35.5. The summed E-state index contributed by atoms with van der Waals surface area (Å²) < 4.78 is 0. The van der Waals surface area contributed by atoms with Gasteiger partial charge in [0.1, 0.15) is 0 Å². The first-order chi connectivity index (χ1) is 9.06. The van der Waals surface area contributed by atoms with Crippen LogP contribution in [0.2, 0.25) is 5.02 Å². The molecule has 0 aliphatic carbocycles. The Kier molecular flexibility index (Phi) is 4.39. The smallest absolute Gasteiger partial charge is 0.313 e. The molecule has 5 nitrogen and oxygen atoms in total. The van der Waals surface area contributed by atoms with Crippen molar-refractivity contribution in [3.63, 3.8) is 0 Å². The molecule has 19 heavy (non-hydrogen) atoms. The number of hydrogen-bond donors (Lipinski definition) is 2. The summed E-state index contributed by atoms with van der Waals surface area (Å²) in [6.07, 6.45) is 0.645. The lowest BCUT2D eigenvalue weighted by atomic mass is 10.1. The topological polar surface area (TPSA) is 69.6 Å². The maximum absolute atomic E-state index is 11.9. The standard InChI is InChI=1S/C13H15ClN2O3/c14-9-2-1-3-10(8-9)15-12(18)13(19)16-6-4-11(17)5-7-16/h1-3,8,11,17H,4-7H2,(H,15,18). The number of halogens is 1. The van der Waals surface area contributed by atoms with Gasteiger partial charge in [0.15, 0.2) is 0 Å². The lowest BCUT2D eigenvalue weighted by molar-refractivity contribution is -0.144. The van der Waals surface area contributed by atoms with E-state index in [1.54, 1.807) is 24.3 Å². The van der Waals surface area contributed by atoms with Gasteiger partial charge in [-0.15, -0.1) is 0 Å². The third-order valence-corrected chi connectivity index (χ3v) is 3.26. The molecule has 2 rings (SSSR count). The second kappa shape index (κ2) is 6.04. The van der Waals surface area contributed by atoms with E-state index in [1.165, 1.54) is 4.90 Å². The predicted octanol–water partition coefficient (Wildman–Crippen LogP) is 1.26. The summed E-state index contributed by atoms with van der Waals surface area (Å²) in [6, 6.07) is 6.62. The third kappa shape index (κ3) is 3.68. The molecule has 6 heteroatoms. The highest BCUT2D eigenvalue weighted by molar-refractivity contribution is 6.39. The molecule has 0 spiro atoms. The maximum atomic E-state index is 11.9. The van der Waals surface area contributed by atoms with Gasteiger partial charge in [0.25, 0.3) is 0 Å². The molecule has 1 aliphatic rings. The monoisotopic (exact) mass is 282 g/mol. The van der Waals surface area contributed by atoms with Crippen LogP contribution in [0.4, 0.5) is 5.69 Å². The van der Waals surface area contributed by atoms with Crippen LogP contribution < -0.4 is 5.32 Å². The number of rotatable bonds is 1. The zero-order valence-corrected chi connectivity index (χ0v) is 11.1. The number of piperidine rings is 1. The normalized spacial score (nSPS) is 16.2. The number of carbonyl (C=O) groups is 2. The van der Waals surface area contributed by atoms with Crippen molar-refractivity contribution in [3.05, 3.63) is 29.3 Å². The van der Waals surface area contributed by atoms with Gasteiger partial charge < -0.3 is 15.3 Å². The highest BCUT2D eigenvalue weighted by Gasteiger charge is 2.26. The van der Waals surface area contributed by atoms with E-state index in [2.05, 4.69) is 5.32 Å². The van der Waals surface area contributed by atoms with Gasteiger partial charge in [0, 0.05) is 23.8 Å². The van der Waals surface area contributed by atoms with Gasteiger partial charge in [0.05, 0.1) is 6.10 Å². The van der Waals surface area contributed by atoms with Gasteiger partial charge in [-0.3, -0.25) is 9.59 Å². The molecule has 0 aromatic heterocycles. The SMILES string of the molecule is O=C(Nc1cccc(Cl)c1)C(=O)N1CCC(O)CC1. The van der Waals surface area contributed by atoms with Crippen LogP contribution in [0.5, 0.6) is 0 Å². The van der Waals surface area contributed by atoms with Crippen LogP contribution in [0.1, 0.15) is 12.8 Å². The highest BCUT2D eigenvalue weighted by Crippen LogP contribution is 2.15. The fraction of sp³-hybridized carbons (Fsp3) is 0.385. The summed E-state index contributed by atoms with van der Waals surface area (Å²) in [6.45, 7) is 0.811. The van der Waals surface area contributed by atoms with Crippen LogP contribution >= 0.6 is 11.6 Å². The fourth-order valence-electron chi connectivity index (χ4n) is 1.96. The van der Waals surface area contributed by atoms with E-state index in [1.807, 2.05) is 0 Å². The second-order valence-corrected chi connectivity index (χ2v) is 4.92. The van der Waals surface area contributed by atoms with E-state index in [0.29, 0.717) is 36.6 Å². The van der Waals surface area contributed by atoms with Gasteiger partial charge in [-0.2, -0.15) is 0 Å². The number of likely N-dealkylation sites (tertiary alicyclic amines) is 1. The summed E-state index contributed by atoms with van der Waals surface area (Å²) in [5, 5.41) is 12.4. The number of amides is 2. The number of nitrogens with one attached hydrogen (secondary N) is 1. The summed E-state index contributed by atoms with van der Waals surface area (Å²) in [5.41, 5.74) is 0.489. The lowest BCUT2D eigenvalue weighted by Gasteiger charge is -2.28. The number of benzene rings is 1.